The Kier molecular flexibility index (Phi) is 5.46. The Bertz CT molecular complexity index is 690. The average molecular weight is 338 g/mol. The molecular weight excluding hydrogens is 321 g/mol. The monoisotopic (exact) mass is 338 g/mol. The lowest BCUT2D eigenvalue weighted by molar-refractivity contribution is -0.192. The van der Waals surface area contributed by atoms with Crippen molar-refractivity contribution in [1.82, 2.24) is 0 Å². The second-order valence-electron chi connectivity index (χ2n) is 5.34. The third-order valence-corrected chi connectivity index (χ3v) is 3.49. The SMILES string of the molecule is NC1Cc2ccccc2N(c2ccccc2)C1.O=C(O)C(F)(F)F. The number of para-hydroxylation sites is 2. The topological polar surface area (TPSA) is 66.6 Å². The van der Waals surface area contributed by atoms with Gasteiger partial charge in [0.1, 0.15) is 0 Å². The van der Waals surface area contributed by atoms with Crippen LogP contribution in [-0.2, 0) is 11.2 Å². The summed E-state index contributed by atoms with van der Waals surface area (Å²) in [6, 6.07) is 19.2. The summed E-state index contributed by atoms with van der Waals surface area (Å²) in [5.41, 5.74) is 9.99. The maximum absolute atomic E-state index is 10.6. The summed E-state index contributed by atoms with van der Waals surface area (Å²) in [5.74, 6) is -2.76. The van der Waals surface area contributed by atoms with Crippen molar-refractivity contribution in [3.8, 4) is 0 Å². The molecule has 0 saturated heterocycles. The van der Waals surface area contributed by atoms with Crippen LogP contribution >= 0.6 is 0 Å². The molecule has 128 valence electrons. The van der Waals surface area contributed by atoms with Crippen molar-refractivity contribution in [2.24, 2.45) is 5.73 Å². The number of carboxylic acid groups (broad SMARTS) is 1. The van der Waals surface area contributed by atoms with Crippen molar-refractivity contribution in [2.45, 2.75) is 18.6 Å². The van der Waals surface area contributed by atoms with Gasteiger partial charge in [0.15, 0.2) is 0 Å². The summed E-state index contributed by atoms with van der Waals surface area (Å²) in [7, 11) is 0. The molecule has 2 aromatic rings. The zero-order valence-corrected chi connectivity index (χ0v) is 12.7. The number of aliphatic carboxylic acids is 1. The minimum Gasteiger partial charge on any atom is -0.475 e. The number of halogens is 3. The quantitative estimate of drug-likeness (QED) is 0.837. The van der Waals surface area contributed by atoms with Crippen LogP contribution in [0, 0.1) is 0 Å². The first kappa shape index (κ1) is 17.8. The fourth-order valence-corrected chi connectivity index (χ4v) is 2.48. The Labute approximate surface area is 137 Å². The van der Waals surface area contributed by atoms with Crippen LogP contribution in [0.4, 0.5) is 24.5 Å². The van der Waals surface area contributed by atoms with Crippen molar-refractivity contribution in [3.05, 3.63) is 60.2 Å². The van der Waals surface area contributed by atoms with Gasteiger partial charge in [0.2, 0.25) is 0 Å². The molecule has 0 spiro atoms. The molecule has 0 aromatic heterocycles. The summed E-state index contributed by atoms with van der Waals surface area (Å²) in [5, 5.41) is 7.12. The fourth-order valence-electron chi connectivity index (χ4n) is 2.48. The Morgan fingerprint density at radius 1 is 1.08 bits per heavy atom. The number of rotatable bonds is 1. The molecular formula is C17H17F3N2O2. The lowest BCUT2D eigenvalue weighted by Gasteiger charge is -2.34. The van der Waals surface area contributed by atoms with E-state index in [1.165, 1.54) is 16.9 Å². The number of alkyl halides is 3. The van der Waals surface area contributed by atoms with Crippen LogP contribution in [-0.4, -0.2) is 29.8 Å². The van der Waals surface area contributed by atoms with Crippen LogP contribution in [0.1, 0.15) is 5.56 Å². The van der Waals surface area contributed by atoms with Gasteiger partial charge in [-0.3, -0.25) is 0 Å². The first-order valence-electron chi connectivity index (χ1n) is 7.25. The largest absolute Gasteiger partial charge is 0.490 e. The van der Waals surface area contributed by atoms with E-state index in [-0.39, 0.29) is 6.04 Å². The maximum atomic E-state index is 10.6. The van der Waals surface area contributed by atoms with Gasteiger partial charge in [-0.2, -0.15) is 13.2 Å². The van der Waals surface area contributed by atoms with Gasteiger partial charge in [0.05, 0.1) is 0 Å². The highest BCUT2D eigenvalue weighted by Crippen LogP contribution is 2.32. The third-order valence-electron chi connectivity index (χ3n) is 3.49. The number of carboxylic acids is 1. The summed E-state index contributed by atoms with van der Waals surface area (Å²) >= 11 is 0. The normalized spacial score (nSPS) is 16.7. The van der Waals surface area contributed by atoms with Gasteiger partial charge in [0.25, 0.3) is 0 Å². The molecule has 0 amide bonds. The van der Waals surface area contributed by atoms with Gasteiger partial charge in [-0.05, 0) is 30.2 Å². The Hall–Kier alpha value is -2.54. The predicted octanol–water partition coefficient (Wildman–Crippen LogP) is 3.34. The Morgan fingerprint density at radius 3 is 2.21 bits per heavy atom. The van der Waals surface area contributed by atoms with Crippen molar-refractivity contribution in [1.29, 1.82) is 0 Å². The predicted molar refractivity (Wildman–Crippen MR) is 85.3 cm³/mol. The van der Waals surface area contributed by atoms with E-state index in [1.807, 2.05) is 6.07 Å². The van der Waals surface area contributed by atoms with Gasteiger partial charge in [-0.1, -0.05) is 36.4 Å². The summed E-state index contributed by atoms with van der Waals surface area (Å²) in [6.45, 7) is 0.890. The fraction of sp³-hybridized carbons (Fsp3) is 0.235. The zero-order valence-electron chi connectivity index (χ0n) is 12.7. The molecule has 4 nitrogen and oxygen atoms in total. The minimum atomic E-state index is -5.08. The van der Waals surface area contributed by atoms with Crippen LogP contribution in [0.15, 0.2) is 54.6 Å². The van der Waals surface area contributed by atoms with Gasteiger partial charge < -0.3 is 15.7 Å². The lowest BCUT2D eigenvalue weighted by Crippen LogP contribution is -2.40. The van der Waals surface area contributed by atoms with Crippen LogP contribution < -0.4 is 10.6 Å². The third kappa shape index (κ3) is 4.48. The van der Waals surface area contributed by atoms with Crippen LogP contribution in [0.2, 0.25) is 0 Å². The Morgan fingerprint density at radius 2 is 1.62 bits per heavy atom. The molecule has 0 saturated carbocycles. The van der Waals surface area contributed by atoms with Gasteiger partial charge in [-0.15, -0.1) is 0 Å². The molecule has 3 N–H and O–H groups in total. The highest BCUT2D eigenvalue weighted by Gasteiger charge is 2.38. The molecule has 1 heterocycles. The van der Waals surface area contributed by atoms with E-state index < -0.39 is 12.1 Å². The van der Waals surface area contributed by atoms with E-state index in [2.05, 4.69) is 53.4 Å². The van der Waals surface area contributed by atoms with E-state index in [9.17, 15) is 13.2 Å². The van der Waals surface area contributed by atoms with Crippen molar-refractivity contribution >= 4 is 17.3 Å². The van der Waals surface area contributed by atoms with E-state index in [0.29, 0.717) is 0 Å². The van der Waals surface area contributed by atoms with E-state index in [1.54, 1.807) is 0 Å². The van der Waals surface area contributed by atoms with Gasteiger partial charge >= 0.3 is 12.1 Å². The van der Waals surface area contributed by atoms with Crippen molar-refractivity contribution in [3.63, 3.8) is 0 Å². The van der Waals surface area contributed by atoms with E-state index in [4.69, 9.17) is 15.6 Å². The molecule has 24 heavy (non-hydrogen) atoms. The number of fused-ring (bicyclic) bond motifs is 1. The standard InChI is InChI=1S/C15H16N2.C2HF3O2/c16-13-10-12-6-4-5-9-15(12)17(11-13)14-7-2-1-3-8-14;3-2(4,5)1(6)7/h1-9,13H,10-11,16H2;(H,6,7). The molecule has 1 atom stereocenters. The number of nitrogens with two attached hydrogens (primary N) is 1. The average Bonchev–Trinajstić information content (AvgIpc) is 2.54. The van der Waals surface area contributed by atoms with Crippen molar-refractivity contribution < 1.29 is 23.1 Å². The van der Waals surface area contributed by atoms with E-state index in [0.717, 1.165) is 13.0 Å². The molecule has 2 aromatic carbocycles. The number of anilines is 2. The summed E-state index contributed by atoms with van der Waals surface area (Å²) in [6.07, 6.45) is -4.11. The van der Waals surface area contributed by atoms with Crippen LogP contribution in [0.25, 0.3) is 0 Å². The number of carbonyl (C=O) groups is 1. The molecule has 1 aliphatic rings. The number of nitrogens with zero attached hydrogens (tertiary/aromatic N) is 1. The molecule has 3 rings (SSSR count). The maximum Gasteiger partial charge on any atom is 0.490 e. The van der Waals surface area contributed by atoms with Crippen LogP contribution in [0.3, 0.4) is 0 Å². The molecule has 1 unspecified atom stereocenters. The molecule has 7 heteroatoms. The second kappa shape index (κ2) is 7.35. The van der Waals surface area contributed by atoms with E-state index >= 15 is 0 Å². The Balaban J connectivity index is 0.000000256. The second-order valence-corrected chi connectivity index (χ2v) is 5.34. The van der Waals surface area contributed by atoms with Crippen molar-refractivity contribution in [2.75, 3.05) is 11.4 Å². The molecule has 1 aliphatic heterocycles. The number of benzene rings is 2. The molecule has 0 fully saturated rings. The lowest BCUT2D eigenvalue weighted by atomic mass is 9.98. The molecule has 0 radical (unpaired) electrons. The van der Waals surface area contributed by atoms with Gasteiger partial charge in [-0.25, -0.2) is 4.79 Å². The first-order valence-corrected chi connectivity index (χ1v) is 7.25. The first-order chi connectivity index (χ1) is 11.3. The molecule has 0 aliphatic carbocycles. The zero-order chi connectivity index (χ0) is 17.7. The molecule has 0 bridgehead atoms. The highest BCUT2D eigenvalue weighted by molar-refractivity contribution is 5.73. The number of hydrogen-bond donors (Lipinski definition) is 2. The highest BCUT2D eigenvalue weighted by atomic mass is 19.4. The van der Waals surface area contributed by atoms with Gasteiger partial charge in [0, 0.05) is 24.0 Å². The minimum absolute atomic E-state index is 0.213. The smallest absolute Gasteiger partial charge is 0.475 e. The summed E-state index contributed by atoms with van der Waals surface area (Å²) < 4.78 is 31.7. The van der Waals surface area contributed by atoms with Crippen LogP contribution in [0.5, 0.6) is 0 Å². The summed E-state index contributed by atoms with van der Waals surface area (Å²) in [4.78, 5) is 11.2. The number of hydrogen-bond acceptors (Lipinski definition) is 3.